The van der Waals surface area contributed by atoms with Crippen LogP contribution in [0.25, 0.3) is 0 Å². The SMILES string of the molecule is CC1(C)CCC[C@@](CO)(CO[Si](C)(C)C(C)(C)C)[C@H]1CCC#C[Si](C)(C)C. The molecule has 0 bridgehead atoms. The first-order valence-corrected chi connectivity index (χ1v) is 17.2. The summed E-state index contributed by atoms with van der Waals surface area (Å²) in [6.07, 6.45) is 5.52. The maximum Gasteiger partial charge on any atom is 0.192 e. The van der Waals surface area contributed by atoms with E-state index in [2.05, 4.69) is 78.8 Å². The summed E-state index contributed by atoms with van der Waals surface area (Å²) in [5, 5.41) is 10.7. The van der Waals surface area contributed by atoms with Crippen LogP contribution in [0.1, 0.15) is 66.7 Å². The number of hydrogen-bond acceptors (Lipinski definition) is 2. The van der Waals surface area contributed by atoms with Crippen molar-refractivity contribution in [3.8, 4) is 11.5 Å². The molecule has 1 aliphatic carbocycles. The van der Waals surface area contributed by atoms with Gasteiger partial charge in [-0.3, -0.25) is 0 Å². The van der Waals surface area contributed by atoms with Gasteiger partial charge in [0.15, 0.2) is 8.32 Å². The third-order valence-corrected chi connectivity index (χ3v) is 12.4. The largest absolute Gasteiger partial charge is 0.416 e. The zero-order valence-corrected chi connectivity index (χ0v) is 21.9. The van der Waals surface area contributed by atoms with Crippen molar-refractivity contribution in [1.82, 2.24) is 0 Å². The van der Waals surface area contributed by atoms with E-state index in [9.17, 15) is 5.11 Å². The van der Waals surface area contributed by atoms with Crippen molar-refractivity contribution in [3.63, 3.8) is 0 Å². The van der Waals surface area contributed by atoms with E-state index >= 15 is 0 Å². The predicted octanol–water partition coefficient (Wildman–Crippen LogP) is 6.47. The van der Waals surface area contributed by atoms with Crippen molar-refractivity contribution in [3.05, 3.63) is 0 Å². The molecule has 4 heteroatoms. The van der Waals surface area contributed by atoms with E-state index in [0.717, 1.165) is 19.3 Å². The molecule has 0 aromatic heterocycles. The Morgan fingerprint density at radius 3 is 2.15 bits per heavy atom. The monoisotopic (exact) mass is 410 g/mol. The van der Waals surface area contributed by atoms with Gasteiger partial charge in [0.2, 0.25) is 0 Å². The maximum absolute atomic E-state index is 10.5. The first-order valence-electron chi connectivity index (χ1n) is 10.8. The minimum atomic E-state index is -1.82. The van der Waals surface area contributed by atoms with E-state index in [0.29, 0.717) is 12.5 Å². The molecule has 0 saturated heterocycles. The minimum absolute atomic E-state index is 0.113. The second-order valence-corrected chi connectivity index (χ2v) is 21.6. The molecule has 0 aromatic carbocycles. The molecule has 0 amide bonds. The van der Waals surface area contributed by atoms with Crippen molar-refractivity contribution in [2.24, 2.45) is 16.7 Å². The Morgan fingerprint density at radius 1 is 1.07 bits per heavy atom. The van der Waals surface area contributed by atoms with Gasteiger partial charge in [0.1, 0.15) is 8.07 Å². The molecule has 0 aromatic rings. The smallest absolute Gasteiger partial charge is 0.192 e. The first kappa shape index (κ1) is 25.0. The molecule has 1 fully saturated rings. The van der Waals surface area contributed by atoms with Gasteiger partial charge in [-0.25, -0.2) is 0 Å². The molecular formula is C23H46O2Si2. The van der Waals surface area contributed by atoms with Crippen LogP contribution >= 0.6 is 0 Å². The Morgan fingerprint density at radius 2 is 1.67 bits per heavy atom. The van der Waals surface area contributed by atoms with Crippen LogP contribution in [0.4, 0.5) is 0 Å². The Bertz CT molecular complexity index is 543. The normalized spacial score (nSPS) is 26.4. The molecule has 2 nitrogen and oxygen atoms in total. The molecule has 1 N–H and O–H groups in total. The van der Waals surface area contributed by atoms with E-state index in [4.69, 9.17) is 4.43 Å². The average Bonchev–Trinajstić information content (AvgIpc) is 2.48. The highest BCUT2D eigenvalue weighted by Gasteiger charge is 2.50. The van der Waals surface area contributed by atoms with E-state index < -0.39 is 16.4 Å². The second kappa shape index (κ2) is 8.73. The predicted molar refractivity (Wildman–Crippen MR) is 124 cm³/mol. The number of rotatable bonds is 6. The topological polar surface area (TPSA) is 29.5 Å². The lowest BCUT2D eigenvalue weighted by Gasteiger charge is -2.53. The van der Waals surface area contributed by atoms with E-state index in [1.54, 1.807) is 0 Å². The Kier molecular flexibility index (Phi) is 8.07. The molecule has 0 heterocycles. The zero-order valence-electron chi connectivity index (χ0n) is 19.9. The molecule has 1 saturated carbocycles. The molecule has 0 aliphatic heterocycles. The van der Waals surface area contributed by atoms with Crippen LogP contribution < -0.4 is 0 Å². The fourth-order valence-electron chi connectivity index (χ4n) is 4.26. The van der Waals surface area contributed by atoms with Gasteiger partial charge < -0.3 is 9.53 Å². The summed E-state index contributed by atoms with van der Waals surface area (Å²) >= 11 is 0. The van der Waals surface area contributed by atoms with E-state index in [1.165, 1.54) is 12.8 Å². The number of aliphatic hydroxyl groups is 1. The van der Waals surface area contributed by atoms with Crippen molar-refractivity contribution >= 4 is 16.4 Å². The molecule has 0 radical (unpaired) electrons. The maximum atomic E-state index is 10.5. The van der Waals surface area contributed by atoms with Gasteiger partial charge in [0, 0.05) is 18.4 Å². The van der Waals surface area contributed by atoms with Gasteiger partial charge in [0.05, 0.1) is 6.61 Å². The summed E-state index contributed by atoms with van der Waals surface area (Å²) < 4.78 is 6.66. The summed E-state index contributed by atoms with van der Waals surface area (Å²) in [5.74, 6) is 3.93. The summed E-state index contributed by atoms with van der Waals surface area (Å²) in [4.78, 5) is 0. The standard InChI is InChI=1S/C23H46O2Si2/c1-21(2,3)27(9,10)25-19-23(18-24)16-13-15-22(4,5)20(23)14-11-12-17-26(6,7)8/h20,24H,11,13-16,18-19H2,1-10H3/t20-,23+/m0/s1. The highest BCUT2D eigenvalue weighted by Crippen LogP contribution is 2.53. The summed E-state index contributed by atoms with van der Waals surface area (Å²) in [6, 6.07) is 0. The lowest BCUT2D eigenvalue weighted by atomic mass is 9.55. The second-order valence-electron chi connectivity index (χ2n) is 12.1. The van der Waals surface area contributed by atoms with E-state index in [-0.39, 0.29) is 22.5 Å². The summed E-state index contributed by atoms with van der Waals surface area (Å²) in [6.45, 7) is 24.1. The van der Waals surface area contributed by atoms with Crippen molar-refractivity contribution < 1.29 is 9.53 Å². The quantitative estimate of drug-likeness (QED) is 0.401. The molecule has 1 aliphatic rings. The molecule has 1 rings (SSSR count). The third-order valence-electron chi connectivity index (χ3n) is 7.04. The van der Waals surface area contributed by atoms with Gasteiger partial charge in [-0.2, -0.15) is 0 Å². The van der Waals surface area contributed by atoms with Crippen molar-refractivity contribution in [1.29, 1.82) is 0 Å². The average molecular weight is 411 g/mol. The molecule has 158 valence electrons. The van der Waals surface area contributed by atoms with Crippen LogP contribution in [0.3, 0.4) is 0 Å². The van der Waals surface area contributed by atoms with Crippen molar-refractivity contribution in [2.45, 2.75) is 104 Å². The zero-order chi connectivity index (χ0) is 21.1. The van der Waals surface area contributed by atoms with Gasteiger partial charge >= 0.3 is 0 Å². The summed E-state index contributed by atoms with van der Waals surface area (Å²) in [7, 11) is -3.14. The lowest BCUT2D eigenvalue weighted by molar-refractivity contribution is -0.0801. The highest BCUT2D eigenvalue weighted by atomic mass is 28.4. The Hall–Kier alpha value is -0.0862. The summed E-state index contributed by atoms with van der Waals surface area (Å²) in [5.41, 5.74) is 3.63. The van der Waals surface area contributed by atoms with E-state index in [1.807, 2.05) is 0 Å². The van der Waals surface area contributed by atoms with Gasteiger partial charge in [-0.1, -0.05) is 60.7 Å². The highest BCUT2D eigenvalue weighted by molar-refractivity contribution is 6.83. The third kappa shape index (κ3) is 6.73. The molecule has 0 spiro atoms. The number of aliphatic hydroxyl groups excluding tert-OH is 1. The Labute approximate surface area is 172 Å². The Balaban J connectivity index is 3.02. The fourth-order valence-corrected chi connectivity index (χ4v) is 6.00. The van der Waals surface area contributed by atoms with Crippen LogP contribution in [0.5, 0.6) is 0 Å². The molecular weight excluding hydrogens is 364 g/mol. The van der Waals surface area contributed by atoms with Gasteiger partial charge in [-0.05, 0) is 48.7 Å². The van der Waals surface area contributed by atoms with Gasteiger partial charge in [0.25, 0.3) is 0 Å². The molecule has 2 atom stereocenters. The fraction of sp³-hybridized carbons (Fsp3) is 0.913. The van der Waals surface area contributed by atoms with Crippen LogP contribution in [-0.4, -0.2) is 34.7 Å². The van der Waals surface area contributed by atoms with Crippen LogP contribution in [-0.2, 0) is 4.43 Å². The van der Waals surface area contributed by atoms with Gasteiger partial charge in [-0.15, -0.1) is 11.5 Å². The minimum Gasteiger partial charge on any atom is -0.416 e. The molecule has 27 heavy (non-hydrogen) atoms. The van der Waals surface area contributed by atoms with Crippen molar-refractivity contribution in [2.75, 3.05) is 13.2 Å². The van der Waals surface area contributed by atoms with Crippen LogP contribution in [0.2, 0.25) is 37.8 Å². The number of hydrogen-bond donors (Lipinski definition) is 1. The van der Waals surface area contributed by atoms with Crippen LogP contribution in [0, 0.1) is 28.2 Å². The first-order chi connectivity index (χ1) is 12.1. The van der Waals surface area contributed by atoms with Crippen LogP contribution in [0.15, 0.2) is 0 Å². The molecule has 0 unspecified atom stereocenters. The lowest BCUT2D eigenvalue weighted by Crippen LogP contribution is -2.52.